The molecule has 0 spiro atoms. The number of carbonyl (C=O) groups is 3. The Morgan fingerprint density at radius 2 is 1.36 bits per heavy atom. The standard InChI is InChI=1S/C25H28N4O15/c30-13-8(14(31)16(33)10(15(13)32)6-28-1-3-44-4-2-28)5-26-12-9-7-29(22(38)11(9)17(34)19(36)18(12)35)20-21(37)27-23(39)25(42,43)24(20,40)41/h20,26,30-36,40-43H,1-7H2,(H,27,37,39). The molecular formula is C25H28N4O15. The number of aromatic hydroxyl groups is 7. The summed E-state index contributed by atoms with van der Waals surface area (Å²) in [5, 5.41) is 119. The lowest BCUT2D eigenvalue weighted by Gasteiger charge is -2.44. The summed E-state index contributed by atoms with van der Waals surface area (Å²) in [5.41, 5.74) is -2.45. The van der Waals surface area contributed by atoms with Crippen molar-refractivity contribution in [1.82, 2.24) is 15.1 Å². The van der Waals surface area contributed by atoms with E-state index < -0.39 is 111 Å². The third kappa shape index (κ3) is 4.41. The van der Waals surface area contributed by atoms with Gasteiger partial charge >= 0.3 is 5.79 Å². The van der Waals surface area contributed by atoms with Crippen LogP contribution in [0.3, 0.4) is 0 Å². The fourth-order valence-electron chi connectivity index (χ4n) is 5.37. The van der Waals surface area contributed by atoms with Gasteiger partial charge in [-0.3, -0.25) is 24.6 Å². The van der Waals surface area contributed by atoms with Crippen molar-refractivity contribution in [1.29, 1.82) is 0 Å². The first kappa shape index (κ1) is 30.7. The summed E-state index contributed by atoms with van der Waals surface area (Å²) in [6, 6.07) is -2.58. The van der Waals surface area contributed by atoms with Crippen LogP contribution in [0.4, 0.5) is 5.69 Å². The van der Waals surface area contributed by atoms with Crippen LogP contribution in [0.15, 0.2) is 0 Å². The first-order chi connectivity index (χ1) is 20.5. The maximum absolute atomic E-state index is 13.3. The molecule has 3 heterocycles. The van der Waals surface area contributed by atoms with Crippen LogP contribution in [0.5, 0.6) is 40.2 Å². The molecule has 2 saturated heterocycles. The Balaban J connectivity index is 1.49. The second-order valence-corrected chi connectivity index (χ2v) is 10.4. The molecule has 19 heteroatoms. The number of phenols is 7. The Labute approximate surface area is 245 Å². The van der Waals surface area contributed by atoms with E-state index in [9.17, 15) is 70.6 Å². The number of carbonyl (C=O) groups excluding carboxylic acids is 3. The Morgan fingerprint density at radius 1 is 0.795 bits per heavy atom. The molecule has 0 radical (unpaired) electrons. The predicted octanol–water partition coefficient (Wildman–Crippen LogP) is -3.59. The second kappa shape index (κ2) is 10.4. The van der Waals surface area contributed by atoms with Gasteiger partial charge in [0.25, 0.3) is 23.5 Å². The Morgan fingerprint density at radius 3 is 1.95 bits per heavy atom. The van der Waals surface area contributed by atoms with Crippen molar-refractivity contribution < 1.29 is 75.3 Å². The topological polar surface area (TPSA) is 314 Å². The van der Waals surface area contributed by atoms with Crippen molar-refractivity contribution in [3.8, 4) is 40.2 Å². The smallest absolute Gasteiger partial charge is 0.303 e. The Kier molecular flexibility index (Phi) is 7.27. The minimum absolute atomic E-state index is 0.0611. The minimum atomic E-state index is -3.99. The number of nitrogens with zero attached hydrogens (tertiary/aromatic N) is 2. The number of nitrogens with one attached hydrogen (secondary N) is 2. The van der Waals surface area contributed by atoms with Gasteiger partial charge in [0.15, 0.2) is 40.5 Å². The van der Waals surface area contributed by atoms with Gasteiger partial charge in [-0.1, -0.05) is 0 Å². The van der Waals surface area contributed by atoms with Crippen LogP contribution in [-0.4, -0.2) is 128 Å². The van der Waals surface area contributed by atoms with Crippen molar-refractivity contribution in [2.45, 2.75) is 37.3 Å². The second-order valence-electron chi connectivity index (χ2n) is 10.4. The van der Waals surface area contributed by atoms with E-state index in [0.717, 1.165) is 0 Å². The maximum Gasteiger partial charge on any atom is 0.303 e. The Hall–Kier alpha value is -4.79. The van der Waals surface area contributed by atoms with Crippen molar-refractivity contribution in [2.75, 3.05) is 31.6 Å². The van der Waals surface area contributed by atoms with Crippen molar-refractivity contribution in [3.63, 3.8) is 0 Å². The van der Waals surface area contributed by atoms with Crippen LogP contribution < -0.4 is 10.6 Å². The number of hydrogen-bond donors (Lipinski definition) is 13. The number of phenolic OH excluding ortho intramolecular Hbond substituents is 7. The van der Waals surface area contributed by atoms with E-state index in [1.807, 2.05) is 0 Å². The lowest BCUT2D eigenvalue weighted by atomic mass is 9.90. The number of benzene rings is 2. The predicted molar refractivity (Wildman–Crippen MR) is 139 cm³/mol. The molecule has 238 valence electrons. The molecule has 3 amide bonds. The van der Waals surface area contributed by atoms with Crippen LogP contribution >= 0.6 is 0 Å². The Bertz CT molecular complexity index is 1560. The summed E-state index contributed by atoms with van der Waals surface area (Å²) in [5.74, 6) is -19.7. The summed E-state index contributed by atoms with van der Waals surface area (Å²) in [4.78, 5) is 39.7. The summed E-state index contributed by atoms with van der Waals surface area (Å²) in [7, 11) is 0. The van der Waals surface area contributed by atoms with Gasteiger partial charge in [0.05, 0.1) is 42.1 Å². The fraction of sp³-hybridized carbons (Fsp3) is 0.400. The van der Waals surface area contributed by atoms with E-state index in [4.69, 9.17) is 4.74 Å². The normalized spacial score (nSPS) is 21.3. The van der Waals surface area contributed by atoms with Gasteiger partial charge in [0.2, 0.25) is 5.75 Å². The molecular weight excluding hydrogens is 596 g/mol. The average molecular weight is 625 g/mol. The fourth-order valence-corrected chi connectivity index (χ4v) is 5.37. The number of morpholine rings is 1. The van der Waals surface area contributed by atoms with Crippen LogP contribution in [0.25, 0.3) is 0 Å². The zero-order valence-electron chi connectivity index (χ0n) is 22.5. The monoisotopic (exact) mass is 624 g/mol. The lowest BCUT2D eigenvalue weighted by Crippen LogP contribution is -2.79. The van der Waals surface area contributed by atoms with Gasteiger partial charge < -0.3 is 71.1 Å². The lowest BCUT2D eigenvalue weighted by molar-refractivity contribution is -0.355. The zero-order valence-corrected chi connectivity index (χ0v) is 22.5. The van der Waals surface area contributed by atoms with Gasteiger partial charge in [-0.05, 0) is 0 Å². The molecule has 1 atom stereocenters. The van der Waals surface area contributed by atoms with Crippen LogP contribution in [0.1, 0.15) is 27.0 Å². The van der Waals surface area contributed by atoms with E-state index >= 15 is 0 Å². The highest BCUT2D eigenvalue weighted by Crippen LogP contribution is 2.52. The highest BCUT2D eigenvalue weighted by atomic mass is 16.6. The minimum Gasteiger partial charge on any atom is -0.504 e. The number of imide groups is 1. The van der Waals surface area contributed by atoms with Gasteiger partial charge in [-0.15, -0.1) is 0 Å². The van der Waals surface area contributed by atoms with Crippen LogP contribution in [0.2, 0.25) is 0 Å². The van der Waals surface area contributed by atoms with E-state index in [1.165, 1.54) is 5.32 Å². The van der Waals surface area contributed by atoms with Gasteiger partial charge in [0.1, 0.15) is 0 Å². The molecule has 3 aliphatic rings. The molecule has 0 aromatic heterocycles. The molecule has 3 aliphatic heterocycles. The molecule has 0 bridgehead atoms. The first-order valence-electron chi connectivity index (χ1n) is 12.9. The number of piperidine rings is 1. The molecule has 13 N–H and O–H groups in total. The average Bonchev–Trinajstić information content (AvgIpc) is 3.30. The molecule has 0 saturated carbocycles. The van der Waals surface area contributed by atoms with Crippen LogP contribution in [-0.2, 0) is 34.0 Å². The summed E-state index contributed by atoms with van der Waals surface area (Å²) in [6.45, 7) is 0.00228. The van der Waals surface area contributed by atoms with Gasteiger partial charge in [-0.25, -0.2) is 0 Å². The number of amides is 3. The van der Waals surface area contributed by atoms with Crippen LogP contribution in [0, 0.1) is 0 Å². The third-order valence-corrected chi connectivity index (χ3v) is 7.86. The van der Waals surface area contributed by atoms with E-state index in [-0.39, 0.29) is 12.1 Å². The molecule has 5 rings (SSSR count). The first-order valence-corrected chi connectivity index (χ1v) is 12.9. The number of hydrogen-bond acceptors (Lipinski definition) is 17. The number of rotatable bonds is 6. The number of ether oxygens (including phenoxy) is 1. The van der Waals surface area contributed by atoms with E-state index in [0.29, 0.717) is 31.2 Å². The number of aliphatic hydroxyl groups is 4. The van der Waals surface area contributed by atoms with Crippen molar-refractivity contribution in [3.05, 3.63) is 22.3 Å². The van der Waals surface area contributed by atoms with Crippen molar-refractivity contribution >= 4 is 23.4 Å². The summed E-state index contributed by atoms with van der Waals surface area (Å²) >= 11 is 0. The van der Waals surface area contributed by atoms with E-state index in [1.54, 1.807) is 4.90 Å². The molecule has 2 aromatic rings. The highest BCUT2D eigenvalue weighted by Gasteiger charge is 2.67. The molecule has 0 aliphatic carbocycles. The molecule has 2 aromatic carbocycles. The summed E-state index contributed by atoms with van der Waals surface area (Å²) in [6.07, 6.45) is 0. The largest absolute Gasteiger partial charge is 0.504 e. The number of anilines is 1. The highest BCUT2D eigenvalue weighted by molar-refractivity contribution is 6.10. The third-order valence-electron chi connectivity index (χ3n) is 7.86. The SMILES string of the molecule is O=C1NC(=O)C(O)(O)C(O)(O)C1N1Cc2c(NCc3c(O)c(O)c(CN4CCOCC4)c(O)c3O)c(O)c(O)c(O)c2C1=O. The molecule has 2 fully saturated rings. The van der Waals surface area contributed by atoms with Gasteiger partial charge in [0, 0.05) is 31.7 Å². The van der Waals surface area contributed by atoms with E-state index in [2.05, 4.69) is 5.32 Å². The van der Waals surface area contributed by atoms with Gasteiger partial charge in [-0.2, -0.15) is 0 Å². The quantitative estimate of drug-likeness (QED) is 0.0639. The van der Waals surface area contributed by atoms with Crippen molar-refractivity contribution in [2.24, 2.45) is 0 Å². The molecule has 19 nitrogen and oxygen atoms in total. The number of fused-ring (bicyclic) bond motifs is 1. The molecule has 1 unspecified atom stereocenters. The summed E-state index contributed by atoms with van der Waals surface area (Å²) < 4.78 is 5.24. The maximum atomic E-state index is 13.3. The molecule has 44 heavy (non-hydrogen) atoms. The zero-order chi connectivity index (χ0) is 32.5.